The molecule has 1 amide bonds. The molecule has 0 heterocycles. The summed E-state index contributed by atoms with van der Waals surface area (Å²) in [6, 6.07) is 0. The molecule has 0 bridgehead atoms. The van der Waals surface area contributed by atoms with Gasteiger partial charge in [0.15, 0.2) is 5.54 Å². The first-order chi connectivity index (χ1) is 7.38. The van der Waals surface area contributed by atoms with Gasteiger partial charge in [-0.3, -0.25) is 4.79 Å². The highest BCUT2D eigenvalue weighted by Gasteiger charge is 2.53. The van der Waals surface area contributed by atoms with Crippen molar-refractivity contribution >= 4 is 15.7 Å². The number of alkyl halides is 3. The van der Waals surface area contributed by atoms with Gasteiger partial charge in [-0.2, -0.15) is 13.2 Å². The number of carbonyl (C=O) groups is 1. The fourth-order valence-electron chi connectivity index (χ4n) is 0.849. The predicted octanol–water partition coefficient (Wildman–Crippen LogP) is -0.183. The molecule has 5 nitrogen and oxygen atoms in total. The van der Waals surface area contributed by atoms with Gasteiger partial charge in [0.05, 0.1) is 5.75 Å². The van der Waals surface area contributed by atoms with Crippen LogP contribution in [0.1, 0.15) is 13.3 Å². The highest BCUT2D eigenvalue weighted by Crippen LogP contribution is 2.27. The highest BCUT2D eigenvalue weighted by molar-refractivity contribution is 7.90. The van der Waals surface area contributed by atoms with E-state index in [-0.39, 0.29) is 18.7 Å². The number of nitrogens with two attached hydrogens (primary N) is 1. The van der Waals surface area contributed by atoms with E-state index in [0.717, 1.165) is 6.26 Å². The van der Waals surface area contributed by atoms with E-state index in [1.54, 1.807) is 0 Å². The molecule has 0 aliphatic carbocycles. The second-order valence-corrected chi connectivity index (χ2v) is 6.20. The Balaban J connectivity index is 4.21. The lowest BCUT2D eigenvalue weighted by atomic mass is 10.0. The minimum Gasteiger partial charge on any atom is -0.354 e. The summed E-state index contributed by atoms with van der Waals surface area (Å²) < 4.78 is 58.3. The number of nitrogens with one attached hydrogen (secondary N) is 1. The van der Waals surface area contributed by atoms with E-state index in [4.69, 9.17) is 5.73 Å². The monoisotopic (exact) mass is 276 g/mol. The van der Waals surface area contributed by atoms with Crippen molar-refractivity contribution in [2.24, 2.45) is 5.73 Å². The average molecular weight is 276 g/mol. The van der Waals surface area contributed by atoms with Crippen molar-refractivity contribution in [2.45, 2.75) is 25.1 Å². The molecular formula is C8H15F3N2O3S. The molecule has 0 aliphatic heterocycles. The van der Waals surface area contributed by atoms with Crippen LogP contribution in [-0.2, 0) is 14.6 Å². The predicted molar refractivity (Wildman–Crippen MR) is 56.0 cm³/mol. The quantitative estimate of drug-likeness (QED) is 0.681. The smallest absolute Gasteiger partial charge is 0.354 e. The summed E-state index contributed by atoms with van der Waals surface area (Å²) in [4.78, 5) is 11.1. The first-order valence-corrected chi connectivity index (χ1v) is 6.75. The zero-order valence-electron chi connectivity index (χ0n) is 9.47. The summed E-state index contributed by atoms with van der Waals surface area (Å²) in [7, 11) is -3.19. The molecule has 17 heavy (non-hydrogen) atoms. The first kappa shape index (κ1) is 16.2. The van der Waals surface area contributed by atoms with E-state index in [2.05, 4.69) is 0 Å². The molecule has 0 spiro atoms. The van der Waals surface area contributed by atoms with Gasteiger partial charge < -0.3 is 11.1 Å². The van der Waals surface area contributed by atoms with Gasteiger partial charge in [0, 0.05) is 12.8 Å². The van der Waals surface area contributed by atoms with E-state index in [1.165, 1.54) is 0 Å². The molecule has 0 aromatic carbocycles. The maximum absolute atomic E-state index is 12.3. The lowest BCUT2D eigenvalue weighted by Gasteiger charge is -2.26. The normalized spacial score (nSPS) is 16.4. The van der Waals surface area contributed by atoms with Gasteiger partial charge in [-0.25, -0.2) is 8.42 Å². The molecule has 0 saturated carbocycles. The fraction of sp³-hybridized carbons (Fsp3) is 0.875. The van der Waals surface area contributed by atoms with Crippen LogP contribution in [-0.4, -0.2) is 44.6 Å². The van der Waals surface area contributed by atoms with E-state index < -0.39 is 27.5 Å². The Labute approximate surface area is 97.5 Å². The number of amides is 1. The van der Waals surface area contributed by atoms with Gasteiger partial charge in [-0.1, -0.05) is 0 Å². The van der Waals surface area contributed by atoms with Crippen LogP contribution >= 0.6 is 0 Å². The molecule has 0 rings (SSSR count). The third-order valence-corrected chi connectivity index (χ3v) is 3.07. The lowest BCUT2D eigenvalue weighted by Crippen LogP contribution is -2.61. The largest absolute Gasteiger partial charge is 0.415 e. The van der Waals surface area contributed by atoms with Crippen molar-refractivity contribution in [2.75, 3.05) is 18.6 Å². The Hall–Kier alpha value is -0.830. The molecule has 0 saturated heterocycles. The molecule has 9 heteroatoms. The zero-order chi connectivity index (χ0) is 13.9. The highest BCUT2D eigenvalue weighted by atomic mass is 32.2. The van der Waals surface area contributed by atoms with Crippen LogP contribution < -0.4 is 11.1 Å². The van der Waals surface area contributed by atoms with Crippen molar-refractivity contribution < 1.29 is 26.4 Å². The summed E-state index contributed by atoms with van der Waals surface area (Å²) in [6.07, 6.45) is -3.82. The molecular weight excluding hydrogens is 261 g/mol. The van der Waals surface area contributed by atoms with Crippen molar-refractivity contribution in [1.82, 2.24) is 5.32 Å². The van der Waals surface area contributed by atoms with E-state index in [0.29, 0.717) is 6.92 Å². The fourth-order valence-corrected chi connectivity index (χ4v) is 1.52. The van der Waals surface area contributed by atoms with E-state index in [9.17, 15) is 26.4 Å². The number of hydrogen-bond acceptors (Lipinski definition) is 4. The topological polar surface area (TPSA) is 89.3 Å². The van der Waals surface area contributed by atoms with Crippen molar-refractivity contribution in [3.8, 4) is 0 Å². The Kier molecular flexibility index (Phi) is 4.96. The van der Waals surface area contributed by atoms with Crippen molar-refractivity contribution in [1.29, 1.82) is 0 Å². The maximum Gasteiger partial charge on any atom is 0.415 e. The summed E-state index contributed by atoms with van der Waals surface area (Å²) >= 11 is 0. The van der Waals surface area contributed by atoms with Crippen LogP contribution in [0.15, 0.2) is 0 Å². The van der Waals surface area contributed by atoms with Gasteiger partial charge in [0.25, 0.3) is 0 Å². The van der Waals surface area contributed by atoms with Gasteiger partial charge in [-0.15, -0.1) is 0 Å². The second-order valence-electron chi connectivity index (χ2n) is 3.94. The summed E-state index contributed by atoms with van der Waals surface area (Å²) in [6.45, 7) is 0.383. The minimum atomic E-state index is -4.85. The Morgan fingerprint density at radius 2 is 1.82 bits per heavy atom. The number of carbonyl (C=O) groups excluding carboxylic acids is 1. The number of sulfone groups is 1. The average Bonchev–Trinajstić information content (AvgIpc) is 2.08. The molecule has 3 N–H and O–H groups in total. The first-order valence-electron chi connectivity index (χ1n) is 4.69. The Bertz CT molecular complexity index is 376. The molecule has 0 aromatic rings. The minimum absolute atomic E-state index is 0.0402. The van der Waals surface area contributed by atoms with E-state index in [1.807, 2.05) is 5.32 Å². The molecule has 0 aromatic heterocycles. The van der Waals surface area contributed by atoms with Crippen LogP contribution in [0.5, 0.6) is 0 Å². The summed E-state index contributed by atoms with van der Waals surface area (Å²) in [5.41, 5.74) is 1.88. The third kappa shape index (κ3) is 5.35. The van der Waals surface area contributed by atoms with Crippen LogP contribution in [0.4, 0.5) is 13.2 Å². The van der Waals surface area contributed by atoms with Gasteiger partial charge >= 0.3 is 6.18 Å². The SMILES string of the molecule is CC(N)(C(=O)NCCCS(C)(=O)=O)C(F)(F)F. The lowest BCUT2D eigenvalue weighted by molar-refractivity contribution is -0.187. The number of halogens is 3. The van der Waals surface area contributed by atoms with Crippen LogP contribution in [0.3, 0.4) is 0 Å². The maximum atomic E-state index is 12.3. The molecule has 0 radical (unpaired) electrons. The van der Waals surface area contributed by atoms with Crippen LogP contribution in [0.25, 0.3) is 0 Å². The van der Waals surface area contributed by atoms with Crippen molar-refractivity contribution in [3.05, 3.63) is 0 Å². The molecule has 1 atom stereocenters. The standard InChI is InChI=1S/C8H15F3N2O3S/c1-7(12,8(9,10)11)6(14)13-4-3-5-17(2,15)16/h3-5,12H2,1-2H3,(H,13,14). The number of rotatable bonds is 5. The molecule has 102 valence electrons. The van der Waals surface area contributed by atoms with Crippen molar-refractivity contribution in [3.63, 3.8) is 0 Å². The van der Waals surface area contributed by atoms with Gasteiger partial charge in [-0.05, 0) is 13.3 Å². The second kappa shape index (κ2) is 5.21. The van der Waals surface area contributed by atoms with Gasteiger partial charge in [0.2, 0.25) is 5.91 Å². The zero-order valence-corrected chi connectivity index (χ0v) is 10.3. The van der Waals surface area contributed by atoms with Gasteiger partial charge in [0.1, 0.15) is 9.84 Å². The summed E-state index contributed by atoms with van der Waals surface area (Å²) in [5.74, 6) is -1.58. The number of hydrogen-bond donors (Lipinski definition) is 2. The third-order valence-electron chi connectivity index (χ3n) is 2.04. The molecule has 1 unspecified atom stereocenters. The Morgan fingerprint density at radius 1 is 1.35 bits per heavy atom. The van der Waals surface area contributed by atoms with E-state index >= 15 is 0 Å². The van der Waals surface area contributed by atoms with Crippen LogP contribution in [0.2, 0.25) is 0 Å². The summed E-state index contributed by atoms with van der Waals surface area (Å²) in [5, 5.41) is 1.95. The molecule has 0 aliphatic rings. The van der Waals surface area contributed by atoms with Crippen LogP contribution in [0, 0.1) is 0 Å². The molecule has 0 fully saturated rings. The Morgan fingerprint density at radius 3 is 2.18 bits per heavy atom.